The Kier molecular flexibility index (Phi) is 7.02. The fourth-order valence-corrected chi connectivity index (χ4v) is 3.65. The summed E-state index contributed by atoms with van der Waals surface area (Å²) in [6.45, 7) is 0.379. The lowest BCUT2D eigenvalue weighted by Gasteiger charge is -2.49. The third-order valence-electron chi connectivity index (χ3n) is 5.24. The van der Waals surface area contributed by atoms with Gasteiger partial charge in [0.2, 0.25) is 5.91 Å². The highest BCUT2D eigenvalue weighted by molar-refractivity contribution is 5.93. The molecule has 1 saturated heterocycles. The Bertz CT molecular complexity index is 946. The minimum Gasteiger partial charge on any atom is -0.505 e. The van der Waals surface area contributed by atoms with Crippen molar-refractivity contribution in [3.8, 4) is 11.5 Å². The molecule has 0 spiro atoms. The summed E-state index contributed by atoms with van der Waals surface area (Å²) in [5.74, 6) is 0.954. The molecule has 1 N–H and O–H groups in total. The summed E-state index contributed by atoms with van der Waals surface area (Å²) in [7, 11) is 4.62. The molecule has 164 valence electrons. The molecule has 2 aromatic rings. The van der Waals surface area contributed by atoms with Gasteiger partial charge in [0, 0.05) is 18.2 Å². The normalized spacial score (nSPS) is 17.9. The zero-order valence-corrected chi connectivity index (χ0v) is 17.7. The molecule has 1 aliphatic heterocycles. The molecule has 3 rings (SSSR count). The second kappa shape index (κ2) is 9.88. The van der Waals surface area contributed by atoms with E-state index in [1.165, 1.54) is 18.3 Å². The van der Waals surface area contributed by atoms with Crippen LogP contribution in [0.1, 0.15) is 11.1 Å². The number of hydrogen-bond donors (Lipinski definition) is 1. The summed E-state index contributed by atoms with van der Waals surface area (Å²) in [6, 6.07) is 13.2. The van der Waals surface area contributed by atoms with Crippen molar-refractivity contribution in [3.63, 3.8) is 0 Å². The Labute approximate surface area is 181 Å². The van der Waals surface area contributed by atoms with Crippen LogP contribution in [-0.4, -0.2) is 60.3 Å². The molecule has 0 aromatic heterocycles. The second-order valence-electron chi connectivity index (χ2n) is 7.04. The molecular weight excluding hydrogens is 400 g/mol. The monoisotopic (exact) mass is 426 g/mol. The number of nitrogens with zero attached hydrogens (tertiary/aromatic N) is 2. The first-order valence-corrected chi connectivity index (χ1v) is 9.74. The van der Waals surface area contributed by atoms with Crippen LogP contribution >= 0.6 is 0 Å². The maximum atomic E-state index is 13.1. The molecule has 2 aromatic carbocycles. The van der Waals surface area contributed by atoms with Gasteiger partial charge in [-0.3, -0.25) is 9.69 Å². The molecule has 1 aliphatic rings. The standard InChI is InChI=1S/C23H26N2O6/c1-29-12-11-19-21(25(23(27)28)14-16-7-5-4-6-8-16)22(26)24(19)15-17-9-10-18(30-2)13-20(17)31-3/h4-13,19,21H,14-15H2,1-3H3,(H,27,28)/t19-,21+/m1/s1. The summed E-state index contributed by atoms with van der Waals surface area (Å²) in [5, 5.41) is 9.81. The maximum absolute atomic E-state index is 13.1. The molecular formula is C23H26N2O6. The van der Waals surface area contributed by atoms with Crippen molar-refractivity contribution in [3.05, 3.63) is 72.0 Å². The number of carbonyl (C=O) groups excluding carboxylic acids is 1. The van der Waals surface area contributed by atoms with Crippen molar-refractivity contribution in [1.82, 2.24) is 9.80 Å². The van der Waals surface area contributed by atoms with E-state index in [0.29, 0.717) is 11.5 Å². The van der Waals surface area contributed by atoms with Crippen molar-refractivity contribution in [1.29, 1.82) is 0 Å². The fourth-order valence-electron chi connectivity index (χ4n) is 3.65. The lowest BCUT2D eigenvalue weighted by molar-refractivity contribution is -0.156. The van der Waals surface area contributed by atoms with Crippen LogP contribution < -0.4 is 9.47 Å². The highest BCUT2D eigenvalue weighted by Crippen LogP contribution is 2.33. The van der Waals surface area contributed by atoms with Gasteiger partial charge < -0.3 is 24.2 Å². The van der Waals surface area contributed by atoms with Crippen LogP contribution in [0.2, 0.25) is 0 Å². The number of hydrogen-bond acceptors (Lipinski definition) is 5. The quantitative estimate of drug-likeness (QED) is 0.490. The van der Waals surface area contributed by atoms with Gasteiger partial charge in [-0.05, 0) is 23.8 Å². The van der Waals surface area contributed by atoms with Gasteiger partial charge in [-0.25, -0.2) is 4.79 Å². The molecule has 0 radical (unpaired) electrons. The first kappa shape index (κ1) is 22.0. The summed E-state index contributed by atoms with van der Waals surface area (Å²) >= 11 is 0. The molecule has 8 nitrogen and oxygen atoms in total. The van der Waals surface area contributed by atoms with Gasteiger partial charge in [0.15, 0.2) is 0 Å². The average molecular weight is 426 g/mol. The Hall–Kier alpha value is -3.68. The number of ether oxygens (including phenoxy) is 3. The molecule has 31 heavy (non-hydrogen) atoms. The average Bonchev–Trinajstić information content (AvgIpc) is 2.79. The van der Waals surface area contributed by atoms with Crippen molar-refractivity contribution < 1.29 is 28.9 Å². The number of rotatable bonds is 9. The topological polar surface area (TPSA) is 88.5 Å². The van der Waals surface area contributed by atoms with Crippen molar-refractivity contribution in [2.45, 2.75) is 25.2 Å². The Morgan fingerprint density at radius 1 is 1.13 bits per heavy atom. The molecule has 8 heteroatoms. The minimum atomic E-state index is -1.15. The highest BCUT2D eigenvalue weighted by atomic mass is 16.5. The summed E-state index contributed by atoms with van der Waals surface area (Å²) in [4.78, 5) is 27.9. The molecule has 2 atom stereocenters. The van der Waals surface area contributed by atoms with Gasteiger partial charge >= 0.3 is 6.09 Å². The highest BCUT2D eigenvalue weighted by Gasteiger charge is 2.51. The van der Waals surface area contributed by atoms with E-state index in [2.05, 4.69) is 0 Å². The molecule has 1 heterocycles. The van der Waals surface area contributed by atoms with E-state index in [9.17, 15) is 14.7 Å². The lowest BCUT2D eigenvalue weighted by atomic mass is 9.92. The van der Waals surface area contributed by atoms with Crippen LogP contribution in [0.5, 0.6) is 11.5 Å². The van der Waals surface area contributed by atoms with Gasteiger partial charge in [0.25, 0.3) is 0 Å². The third kappa shape index (κ3) is 4.74. The van der Waals surface area contributed by atoms with E-state index < -0.39 is 18.2 Å². The van der Waals surface area contributed by atoms with Crippen LogP contribution in [0.4, 0.5) is 4.79 Å². The number of benzene rings is 2. The molecule has 1 fully saturated rings. The SMILES string of the molecule is COC=C[C@@H]1[C@H](N(Cc2ccccc2)C(=O)O)C(=O)N1Cc1ccc(OC)cc1OC. The summed E-state index contributed by atoms with van der Waals surface area (Å²) < 4.78 is 15.7. The van der Waals surface area contributed by atoms with E-state index in [1.807, 2.05) is 36.4 Å². The zero-order chi connectivity index (χ0) is 22.4. The molecule has 2 amide bonds. The minimum absolute atomic E-state index is 0.115. The maximum Gasteiger partial charge on any atom is 0.408 e. The van der Waals surface area contributed by atoms with Crippen LogP contribution in [0, 0.1) is 0 Å². The lowest BCUT2D eigenvalue weighted by Crippen LogP contribution is -2.70. The Morgan fingerprint density at radius 3 is 2.48 bits per heavy atom. The van der Waals surface area contributed by atoms with E-state index in [4.69, 9.17) is 14.2 Å². The summed E-state index contributed by atoms with van der Waals surface area (Å²) in [6.07, 6.45) is 2.01. The first-order chi connectivity index (χ1) is 15.0. The predicted octanol–water partition coefficient (Wildman–Crippen LogP) is 3.12. The van der Waals surface area contributed by atoms with E-state index in [0.717, 1.165) is 11.1 Å². The second-order valence-corrected chi connectivity index (χ2v) is 7.04. The number of methoxy groups -OCH3 is 3. The van der Waals surface area contributed by atoms with E-state index >= 15 is 0 Å². The molecule has 0 aliphatic carbocycles. The first-order valence-electron chi connectivity index (χ1n) is 9.74. The van der Waals surface area contributed by atoms with Gasteiger partial charge in [0.05, 0.1) is 40.2 Å². The van der Waals surface area contributed by atoms with Gasteiger partial charge in [-0.2, -0.15) is 0 Å². The van der Waals surface area contributed by atoms with Crippen LogP contribution in [0.15, 0.2) is 60.9 Å². The van der Waals surface area contributed by atoms with Crippen molar-refractivity contribution in [2.24, 2.45) is 0 Å². The van der Waals surface area contributed by atoms with Crippen LogP contribution in [-0.2, 0) is 22.6 Å². The molecule has 0 saturated carbocycles. The zero-order valence-electron chi connectivity index (χ0n) is 17.7. The number of amides is 2. The van der Waals surface area contributed by atoms with Gasteiger partial charge in [0.1, 0.15) is 17.5 Å². The Balaban J connectivity index is 1.85. The van der Waals surface area contributed by atoms with Crippen LogP contribution in [0.3, 0.4) is 0 Å². The predicted molar refractivity (Wildman–Crippen MR) is 114 cm³/mol. The van der Waals surface area contributed by atoms with Gasteiger partial charge in [-0.15, -0.1) is 0 Å². The number of carbonyl (C=O) groups is 2. The van der Waals surface area contributed by atoms with Crippen molar-refractivity contribution >= 4 is 12.0 Å². The van der Waals surface area contributed by atoms with Crippen LogP contribution in [0.25, 0.3) is 0 Å². The largest absolute Gasteiger partial charge is 0.505 e. The van der Waals surface area contributed by atoms with E-state index in [-0.39, 0.29) is 19.0 Å². The number of carboxylic acid groups (broad SMARTS) is 1. The summed E-state index contributed by atoms with van der Waals surface area (Å²) in [5.41, 5.74) is 1.60. The van der Waals surface area contributed by atoms with Gasteiger partial charge in [-0.1, -0.05) is 30.3 Å². The third-order valence-corrected chi connectivity index (χ3v) is 5.24. The van der Waals surface area contributed by atoms with Crippen molar-refractivity contribution in [2.75, 3.05) is 21.3 Å². The smallest absolute Gasteiger partial charge is 0.408 e. The fraction of sp³-hybridized carbons (Fsp3) is 0.304. The van der Waals surface area contributed by atoms with E-state index in [1.54, 1.807) is 37.3 Å². The molecule has 0 unspecified atom stereocenters. The number of β-lactam (4-membered cyclic amide) rings is 1. The number of likely N-dealkylation sites (tertiary alicyclic amines) is 1. The molecule has 0 bridgehead atoms. The Morgan fingerprint density at radius 2 is 1.87 bits per heavy atom.